The average Bonchev–Trinajstić information content (AvgIpc) is 2.23. The Hall–Kier alpha value is -0.280. The maximum absolute atomic E-state index is 5.98. The van der Waals surface area contributed by atoms with Crippen LogP contribution in [-0.4, -0.2) is 19.6 Å². The zero-order valence-electron chi connectivity index (χ0n) is 8.72. The average molecular weight is 247 g/mol. The number of aryl methyl sites for hydroxylation is 1. The minimum atomic E-state index is 0. The molecule has 0 amide bonds. The maximum Gasteiger partial charge on any atom is 0.0447 e. The first-order valence-electron chi connectivity index (χ1n) is 4.97. The number of hydrogen-bond donors (Lipinski definition) is 2. The molecule has 0 saturated carbocycles. The summed E-state index contributed by atoms with van der Waals surface area (Å²) < 4.78 is 0. The van der Waals surface area contributed by atoms with Gasteiger partial charge < -0.3 is 10.6 Å². The summed E-state index contributed by atoms with van der Waals surface area (Å²) in [6, 6.07) is 6.66. The van der Waals surface area contributed by atoms with Crippen molar-refractivity contribution in [2.45, 2.75) is 13.0 Å². The third-order valence-corrected chi connectivity index (χ3v) is 3.05. The van der Waals surface area contributed by atoms with E-state index in [4.69, 9.17) is 11.6 Å². The summed E-state index contributed by atoms with van der Waals surface area (Å²) in [5, 5.41) is 7.69. The van der Waals surface area contributed by atoms with Gasteiger partial charge in [-0.2, -0.15) is 0 Å². The molecule has 15 heavy (non-hydrogen) atoms. The van der Waals surface area contributed by atoms with Crippen LogP contribution in [0.5, 0.6) is 0 Å². The zero-order valence-corrected chi connectivity index (χ0v) is 10.3. The highest BCUT2D eigenvalue weighted by Gasteiger charge is 2.14. The predicted molar refractivity (Wildman–Crippen MR) is 67.1 cm³/mol. The van der Waals surface area contributed by atoms with E-state index < -0.39 is 0 Å². The van der Waals surface area contributed by atoms with Crippen LogP contribution in [0.3, 0.4) is 0 Å². The monoisotopic (exact) mass is 246 g/mol. The first kappa shape index (κ1) is 12.8. The van der Waals surface area contributed by atoms with Gasteiger partial charge in [-0.25, -0.2) is 0 Å². The molecule has 0 aromatic heterocycles. The molecule has 2 N–H and O–H groups in total. The van der Waals surface area contributed by atoms with Crippen LogP contribution in [-0.2, 0) is 0 Å². The molecular weight excluding hydrogens is 231 g/mol. The molecule has 1 atom stereocenters. The molecule has 2 rings (SSSR count). The van der Waals surface area contributed by atoms with E-state index in [2.05, 4.69) is 22.8 Å². The number of nitrogens with one attached hydrogen (secondary N) is 2. The number of rotatable bonds is 1. The molecule has 84 valence electrons. The summed E-state index contributed by atoms with van der Waals surface area (Å²) in [6.07, 6.45) is 0. The van der Waals surface area contributed by atoms with E-state index in [1.165, 1.54) is 5.56 Å². The molecule has 1 aliphatic heterocycles. The van der Waals surface area contributed by atoms with Gasteiger partial charge in [-0.1, -0.05) is 23.7 Å². The van der Waals surface area contributed by atoms with Crippen molar-refractivity contribution in [2.24, 2.45) is 0 Å². The van der Waals surface area contributed by atoms with Crippen LogP contribution in [0, 0.1) is 6.92 Å². The van der Waals surface area contributed by atoms with Crippen molar-refractivity contribution in [3.05, 3.63) is 34.3 Å². The Balaban J connectivity index is 0.00000112. The lowest BCUT2D eigenvalue weighted by molar-refractivity contribution is 0.430. The number of piperazine rings is 1. The van der Waals surface area contributed by atoms with Crippen LogP contribution in [0.2, 0.25) is 5.02 Å². The highest BCUT2D eigenvalue weighted by molar-refractivity contribution is 6.31. The summed E-state index contributed by atoms with van der Waals surface area (Å²) in [7, 11) is 0. The minimum Gasteiger partial charge on any atom is -0.314 e. The second-order valence-electron chi connectivity index (χ2n) is 3.72. The number of halogens is 2. The van der Waals surface area contributed by atoms with Crippen molar-refractivity contribution in [1.82, 2.24) is 10.6 Å². The Labute approximate surface area is 102 Å². The second-order valence-corrected chi connectivity index (χ2v) is 4.13. The molecule has 2 nitrogen and oxygen atoms in total. The number of hydrogen-bond acceptors (Lipinski definition) is 2. The van der Waals surface area contributed by atoms with Gasteiger partial charge in [0.2, 0.25) is 0 Å². The lowest BCUT2D eigenvalue weighted by Gasteiger charge is -2.25. The van der Waals surface area contributed by atoms with Crippen molar-refractivity contribution in [2.75, 3.05) is 19.6 Å². The molecule has 0 bridgehead atoms. The molecule has 1 aliphatic rings. The summed E-state index contributed by atoms with van der Waals surface area (Å²) in [4.78, 5) is 0. The standard InChI is InChI=1S/C11H15ClN2.ClH/c1-8-6-9(2-3-10(8)12)11-7-13-4-5-14-11;/h2-3,6,11,13-14H,4-5,7H2,1H3;1H/t11-;/m1./s1. The lowest BCUT2D eigenvalue weighted by atomic mass is 10.0. The van der Waals surface area contributed by atoms with Crippen molar-refractivity contribution in [3.63, 3.8) is 0 Å². The van der Waals surface area contributed by atoms with Crippen LogP contribution in [0.4, 0.5) is 0 Å². The summed E-state index contributed by atoms with van der Waals surface area (Å²) in [6.45, 7) is 5.14. The first-order valence-corrected chi connectivity index (χ1v) is 5.35. The van der Waals surface area contributed by atoms with Crippen molar-refractivity contribution in [1.29, 1.82) is 0 Å². The van der Waals surface area contributed by atoms with Crippen LogP contribution < -0.4 is 10.6 Å². The molecule has 1 fully saturated rings. The van der Waals surface area contributed by atoms with Gasteiger partial charge in [0, 0.05) is 30.7 Å². The fourth-order valence-electron chi connectivity index (χ4n) is 1.77. The van der Waals surface area contributed by atoms with E-state index in [0.29, 0.717) is 6.04 Å². The highest BCUT2D eigenvalue weighted by Crippen LogP contribution is 2.21. The largest absolute Gasteiger partial charge is 0.314 e. The molecule has 1 aromatic carbocycles. The third kappa shape index (κ3) is 3.08. The molecule has 1 heterocycles. The van der Waals surface area contributed by atoms with E-state index in [0.717, 1.165) is 30.2 Å². The van der Waals surface area contributed by atoms with E-state index >= 15 is 0 Å². The van der Waals surface area contributed by atoms with Crippen molar-refractivity contribution < 1.29 is 0 Å². The van der Waals surface area contributed by atoms with Gasteiger partial charge in [0.05, 0.1) is 0 Å². The Bertz CT molecular complexity index is 322. The predicted octanol–water partition coefficient (Wildman–Crippen LogP) is 2.30. The van der Waals surface area contributed by atoms with Gasteiger partial charge in [0.1, 0.15) is 0 Å². The summed E-state index contributed by atoms with van der Waals surface area (Å²) >= 11 is 5.98. The lowest BCUT2D eigenvalue weighted by Crippen LogP contribution is -2.42. The SMILES string of the molecule is Cc1cc([C@H]2CNCCN2)ccc1Cl.Cl. The third-order valence-electron chi connectivity index (χ3n) is 2.63. The zero-order chi connectivity index (χ0) is 9.97. The maximum atomic E-state index is 5.98. The molecule has 0 aliphatic carbocycles. The van der Waals surface area contributed by atoms with Gasteiger partial charge in [0.15, 0.2) is 0 Å². The van der Waals surface area contributed by atoms with Crippen LogP contribution >= 0.6 is 24.0 Å². The molecule has 1 saturated heterocycles. The van der Waals surface area contributed by atoms with Crippen LogP contribution in [0.1, 0.15) is 17.2 Å². The van der Waals surface area contributed by atoms with Gasteiger partial charge >= 0.3 is 0 Å². The Morgan fingerprint density at radius 3 is 2.73 bits per heavy atom. The van der Waals surface area contributed by atoms with Gasteiger partial charge in [-0.15, -0.1) is 12.4 Å². The Kier molecular flexibility index (Phi) is 4.87. The fourth-order valence-corrected chi connectivity index (χ4v) is 1.89. The van der Waals surface area contributed by atoms with E-state index in [1.807, 2.05) is 13.0 Å². The van der Waals surface area contributed by atoms with Crippen molar-refractivity contribution >= 4 is 24.0 Å². The molecule has 0 radical (unpaired) electrons. The second kappa shape index (κ2) is 5.71. The first-order chi connectivity index (χ1) is 6.77. The van der Waals surface area contributed by atoms with Crippen LogP contribution in [0.25, 0.3) is 0 Å². The van der Waals surface area contributed by atoms with E-state index in [1.54, 1.807) is 0 Å². The topological polar surface area (TPSA) is 24.1 Å². The molecular formula is C11H16Cl2N2. The Morgan fingerprint density at radius 2 is 2.13 bits per heavy atom. The molecule has 4 heteroatoms. The minimum absolute atomic E-state index is 0. The summed E-state index contributed by atoms with van der Waals surface area (Å²) in [5.41, 5.74) is 2.47. The normalized spacial score (nSPS) is 20.8. The molecule has 0 spiro atoms. The van der Waals surface area contributed by atoms with Crippen LogP contribution in [0.15, 0.2) is 18.2 Å². The number of benzene rings is 1. The highest BCUT2D eigenvalue weighted by atomic mass is 35.5. The Morgan fingerprint density at radius 1 is 1.33 bits per heavy atom. The van der Waals surface area contributed by atoms with Gasteiger partial charge in [-0.3, -0.25) is 0 Å². The molecule has 0 unspecified atom stereocenters. The fraction of sp³-hybridized carbons (Fsp3) is 0.455. The molecule has 1 aromatic rings. The van der Waals surface area contributed by atoms with Gasteiger partial charge in [0.25, 0.3) is 0 Å². The summed E-state index contributed by atoms with van der Waals surface area (Å²) in [5.74, 6) is 0. The smallest absolute Gasteiger partial charge is 0.0447 e. The van der Waals surface area contributed by atoms with E-state index in [9.17, 15) is 0 Å². The van der Waals surface area contributed by atoms with E-state index in [-0.39, 0.29) is 12.4 Å². The van der Waals surface area contributed by atoms with Gasteiger partial charge in [-0.05, 0) is 24.1 Å². The van der Waals surface area contributed by atoms with Crippen molar-refractivity contribution in [3.8, 4) is 0 Å². The quantitative estimate of drug-likeness (QED) is 0.795.